The van der Waals surface area contributed by atoms with Crippen molar-refractivity contribution in [1.29, 1.82) is 0 Å². The summed E-state index contributed by atoms with van der Waals surface area (Å²) in [4.78, 5) is 9.35. The first-order chi connectivity index (χ1) is 11.8. The van der Waals surface area contributed by atoms with Crippen molar-refractivity contribution < 1.29 is 0 Å². The molecule has 0 amide bonds. The second-order valence-electron chi connectivity index (χ2n) is 6.94. The number of likely N-dealkylation sites (tertiary alicyclic amines) is 1. The average Bonchev–Trinajstić information content (AvgIpc) is 2.64. The Morgan fingerprint density at radius 1 is 1.04 bits per heavy atom. The van der Waals surface area contributed by atoms with E-state index in [-0.39, 0.29) is 0 Å². The van der Waals surface area contributed by atoms with E-state index in [1.807, 2.05) is 18.5 Å². The summed E-state index contributed by atoms with van der Waals surface area (Å²) in [5.74, 6) is 0. The van der Waals surface area contributed by atoms with Gasteiger partial charge in [0.1, 0.15) is 0 Å². The van der Waals surface area contributed by atoms with Crippen LogP contribution in [0.5, 0.6) is 0 Å². The van der Waals surface area contributed by atoms with E-state index >= 15 is 0 Å². The SMILES string of the molecule is CN(Cc1ccccc1)C1CCN(CCCc2cccnc2)CC1. The van der Waals surface area contributed by atoms with Gasteiger partial charge < -0.3 is 4.90 Å². The number of pyridine rings is 1. The van der Waals surface area contributed by atoms with E-state index in [2.05, 4.69) is 58.2 Å². The van der Waals surface area contributed by atoms with Crippen molar-refractivity contribution in [3.63, 3.8) is 0 Å². The van der Waals surface area contributed by atoms with Crippen LogP contribution in [-0.4, -0.2) is 47.5 Å². The minimum Gasteiger partial charge on any atom is -0.303 e. The van der Waals surface area contributed by atoms with Crippen LogP contribution in [-0.2, 0) is 13.0 Å². The smallest absolute Gasteiger partial charge is 0.0299 e. The van der Waals surface area contributed by atoms with Gasteiger partial charge in [-0.3, -0.25) is 9.88 Å². The predicted octanol–water partition coefficient (Wildman–Crippen LogP) is 3.61. The Morgan fingerprint density at radius 2 is 1.79 bits per heavy atom. The first-order valence-corrected chi connectivity index (χ1v) is 9.17. The van der Waals surface area contributed by atoms with Gasteiger partial charge in [0.15, 0.2) is 0 Å². The van der Waals surface area contributed by atoms with Crippen LogP contribution in [0.1, 0.15) is 30.4 Å². The fourth-order valence-corrected chi connectivity index (χ4v) is 3.64. The molecule has 2 heterocycles. The van der Waals surface area contributed by atoms with E-state index in [4.69, 9.17) is 0 Å². The van der Waals surface area contributed by atoms with Crippen LogP contribution in [0, 0.1) is 0 Å². The molecule has 3 nitrogen and oxygen atoms in total. The van der Waals surface area contributed by atoms with Crippen LogP contribution in [0.15, 0.2) is 54.9 Å². The molecule has 3 heteroatoms. The van der Waals surface area contributed by atoms with Crippen LogP contribution >= 0.6 is 0 Å². The highest BCUT2D eigenvalue weighted by Crippen LogP contribution is 2.18. The molecule has 1 aromatic carbocycles. The first-order valence-electron chi connectivity index (χ1n) is 9.17. The zero-order valence-electron chi connectivity index (χ0n) is 14.8. The molecule has 0 unspecified atom stereocenters. The molecule has 1 aliphatic rings. The zero-order chi connectivity index (χ0) is 16.6. The van der Waals surface area contributed by atoms with Gasteiger partial charge >= 0.3 is 0 Å². The lowest BCUT2D eigenvalue weighted by molar-refractivity contribution is 0.122. The van der Waals surface area contributed by atoms with Gasteiger partial charge in [0.2, 0.25) is 0 Å². The molecule has 2 aromatic rings. The Balaban J connectivity index is 1.36. The van der Waals surface area contributed by atoms with Gasteiger partial charge in [-0.05, 0) is 69.6 Å². The molecule has 0 aliphatic carbocycles. The number of aromatic nitrogens is 1. The second kappa shape index (κ2) is 8.95. The van der Waals surface area contributed by atoms with Gasteiger partial charge in [0.25, 0.3) is 0 Å². The number of hydrogen-bond acceptors (Lipinski definition) is 3. The molecule has 0 atom stereocenters. The van der Waals surface area contributed by atoms with Crippen molar-refractivity contribution in [1.82, 2.24) is 14.8 Å². The normalized spacial score (nSPS) is 16.6. The Hall–Kier alpha value is -1.71. The summed E-state index contributed by atoms with van der Waals surface area (Å²) in [6, 6.07) is 15.7. The van der Waals surface area contributed by atoms with Gasteiger partial charge in [0, 0.05) is 25.0 Å². The number of aryl methyl sites for hydroxylation is 1. The predicted molar refractivity (Wildman–Crippen MR) is 99.9 cm³/mol. The van der Waals surface area contributed by atoms with Gasteiger partial charge in [-0.2, -0.15) is 0 Å². The van der Waals surface area contributed by atoms with E-state index < -0.39 is 0 Å². The third-order valence-corrected chi connectivity index (χ3v) is 5.12. The Morgan fingerprint density at radius 3 is 2.50 bits per heavy atom. The van der Waals surface area contributed by atoms with Crippen LogP contribution in [0.2, 0.25) is 0 Å². The summed E-state index contributed by atoms with van der Waals surface area (Å²) in [6.45, 7) is 4.74. The zero-order valence-corrected chi connectivity index (χ0v) is 14.8. The third kappa shape index (κ3) is 5.15. The highest BCUT2D eigenvalue weighted by molar-refractivity contribution is 5.14. The molecular formula is C21H29N3. The summed E-state index contributed by atoms with van der Waals surface area (Å²) in [6.07, 6.45) is 8.79. The Kier molecular flexibility index (Phi) is 6.39. The lowest BCUT2D eigenvalue weighted by Gasteiger charge is -2.36. The van der Waals surface area contributed by atoms with Crippen LogP contribution < -0.4 is 0 Å². The molecule has 0 radical (unpaired) electrons. The van der Waals surface area contributed by atoms with Crippen LogP contribution in [0.25, 0.3) is 0 Å². The molecule has 128 valence electrons. The van der Waals surface area contributed by atoms with E-state index in [1.54, 1.807) is 0 Å². The maximum absolute atomic E-state index is 4.19. The lowest BCUT2D eigenvalue weighted by atomic mass is 10.0. The van der Waals surface area contributed by atoms with Gasteiger partial charge in [-0.15, -0.1) is 0 Å². The standard InChI is InChI=1S/C21H29N3/c1-23(18-20-7-3-2-4-8-20)21-11-15-24(16-12-21)14-6-10-19-9-5-13-22-17-19/h2-5,7-9,13,17,21H,6,10-12,14-16,18H2,1H3. The molecule has 1 saturated heterocycles. The van der Waals surface area contributed by atoms with Crippen LogP contribution in [0.4, 0.5) is 0 Å². The highest BCUT2D eigenvalue weighted by Gasteiger charge is 2.22. The summed E-state index contributed by atoms with van der Waals surface area (Å²) in [5.41, 5.74) is 2.77. The molecule has 0 bridgehead atoms. The number of nitrogens with zero attached hydrogens (tertiary/aromatic N) is 3. The number of piperidine rings is 1. The Bertz CT molecular complexity index is 577. The fourth-order valence-electron chi connectivity index (χ4n) is 3.64. The third-order valence-electron chi connectivity index (χ3n) is 5.12. The maximum atomic E-state index is 4.19. The van der Waals surface area contributed by atoms with Crippen molar-refractivity contribution in [2.45, 2.75) is 38.3 Å². The largest absolute Gasteiger partial charge is 0.303 e. The molecule has 0 saturated carbocycles. The average molecular weight is 323 g/mol. The van der Waals surface area contributed by atoms with E-state index in [0.717, 1.165) is 19.0 Å². The van der Waals surface area contributed by atoms with Crippen molar-refractivity contribution in [2.24, 2.45) is 0 Å². The summed E-state index contributed by atoms with van der Waals surface area (Å²) in [5, 5.41) is 0. The molecule has 24 heavy (non-hydrogen) atoms. The number of hydrogen-bond donors (Lipinski definition) is 0. The maximum Gasteiger partial charge on any atom is 0.0299 e. The van der Waals surface area contributed by atoms with Crippen LogP contribution in [0.3, 0.4) is 0 Å². The van der Waals surface area contributed by atoms with Gasteiger partial charge in [0.05, 0.1) is 0 Å². The summed E-state index contributed by atoms with van der Waals surface area (Å²) in [7, 11) is 2.27. The topological polar surface area (TPSA) is 19.4 Å². The molecule has 0 spiro atoms. The first kappa shape index (κ1) is 17.1. The molecule has 3 rings (SSSR count). The molecule has 0 N–H and O–H groups in total. The quantitative estimate of drug-likeness (QED) is 0.776. The van der Waals surface area contributed by atoms with E-state index in [9.17, 15) is 0 Å². The van der Waals surface area contributed by atoms with E-state index in [0.29, 0.717) is 0 Å². The monoisotopic (exact) mass is 323 g/mol. The molecule has 1 aliphatic heterocycles. The van der Waals surface area contributed by atoms with Gasteiger partial charge in [-0.25, -0.2) is 0 Å². The van der Waals surface area contributed by atoms with Gasteiger partial charge in [-0.1, -0.05) is 36.4 Å². The van der Waals surface area contributed by atoms with Crippen molar-refractivity contribution in [3.05, 3.63) is 66.0 Å². The van der Waals surface area contributed by atoms with Crippen molar-refractivity contribution in [3.8, 4) is 0 Å². The number of rotatable bonds is 7. The minimum absolute atomic E-state index is 0.722. The highest BCUT2D eigenvalue weighted by atomic mass is 15.2. The second-order valence-corrected chi connectivity index (χ2v) is 6.94. The molecule has 1 aromatic heterocycles. The fraction of sp³-hybridized carbons (Fsp3) is 0.476. The number of benzene rings is 1. The molecule has 1 fully saturated rings. The minimum atomic E-state index is 0.722. The Labute approximate surface area is 146 Å². The molecular weight excluding hydrogens is 294 g/mol. The van der Waals surface area contributed by atoms with Crippen molar-refractivity contribution >= 4 is 0 Å². The van der Waals surface area contributed by atoms with Crippen molar-refractivity contribution in [2.75, 3.05) is 26.7 Å². The summed E-state index contributed by atoms with van der Waals surface area (Å²) >= 11 is 0. The van der Waals surface area contributed by atoms with E-state index in [1.165, 1.54) is 50.0 Å². The lowest BCUT2D eigenvalue weighted by Crippen LogP contribution is -2.43. The summed E-state index contributed by atoms with van der Waals surface area (Å²) < 4.78 is 0.